The fourth-order valence-corrected chi connectivity index (χ4v) is 1.04. The molecule has 0 spiro atoms. The summed E-state index contributed by atoms with van der Waals surface area (Å²) in [6.07, 6.45) is 1.22. The summed E-state index contributed by atoms with van der Waals surface area (Å²) < 4.78 is 12.9. The molecule has 4 heteroatoms. The molecule has 0 saturated carbocycles. The molecule has 0 bridgehead atoms. The van der Waals surface area contributed by atoms with E-state index in [2.05, 4.69) is 15.9 Å². The van der Waals surface area contributed by atoms with Gasteiger partial charge in [-0.15, -0.1) is 0 Å². The van der Waals surface area contributed by atoms with Crippen LogP contribution in [-0.2, 0) is 4.79 Å². The number of rotatable bonds is 2. The lowest BCUT2D eigenvalue weighted by atomic mass is 10.2. The van der Waals surface area contributed by atoms with E-state index >= 15 is 0 Å². The van der Waals surface area contributed by atoms with Gasteiger partial charge in [-0.3, -0.25) is 0 Å². The van der Waals surface area contributed by atoms with Crippen molar-refractivity contribution in [1.82, 2.24) is 0 Å². The molecule has 0 aliphatic rings. The van der Waals surface area contributed by atoms with E-state index in [0.29, 0.717) is 0 Å². The SMILES string of the molecule is O=C(O)C(Br)=Cc1ccccc1F. The van der Waals surface area contributed by atoms with E-state index in [0.717, 1.165) is 0 Å². The fraction of sp³-hybridized carbons (Fsp3) is 0. The predicted octanol–water partition coefficient (Wildman–Crippen LogP) is 2.65. The van der Waals surface area contributed by atoms with Crippen LogP contribution in [0.4, 0.5) is 4.39 Å². The molecule has 0 atom stereocenters. The van der Waals surface area contributed by atoms with Gasteiger partial charge in [0.25, 0.3) is 0 Å². The molecule has 1 rings (SSSR count). The first-order valence-electron chi connectivity index (χ1n) is 3.46. The third-order valence-corrected chi connectivity index (χ3v) is 1.96. The van der Waals surface area contributed by atoms with Gasteiger partial charge in [0.1, 0.15) is 10.3 Å². The van der Waals surface area contributed by atoms with Crippen LogP contribution in [0.3, 0.4) is 0 Å². The molecular weight excluding hydrogens is 239 g/mol. The third-order valence-electron chi connectivity index (χ3n) is 1.39. The smallest absolute Gasteiger partial charge is 0.342 e. The van der Waals surface area contributed by atoms with Crippen molar-refractivity contribution >= 4 is 28.0 Å². The Balaban J connectivity index is 3.04. The van der Waals surface area contributed by atoms with Crippen molar-refractivity contribution in [3.05, 3.63) is 40.1 Å². The molecule has 1 N–H and O–H groups in total. The molecule has 0 aliphatic carbocycles. The van der Waals surface area contributed by atoms with Gasteiger partial charge in [0, 0.05) is 5.56 Å². The van der Waals surface area contributed by atoms with Crippen LogP contribution >= 0.6 is 15.9 Å². The van der Waals surface area contributed by atoms with Crippen LogP contribution in [0.5, 0.6) is 0 Å². The summed E-state index contributed by atoms with van der Waals surface area (Å²) in [6.45, 7) is 0. The molecule has 0 heterocycles. The number of aliphatic carboxylic acids is 1. The summed E-state index contributed by atoms with van der Waals surface area (Å²) in [7, 11) is 0. The molecule has 0 unspecified atom stereocenters. The maximum Gasteiger partial charge on any atom is 0.342 e. The second kappa shape index (κ2) is 4.18. The molecule has 1 aromatic rings. The van der Waals surface area contributed by atoms with Gasteiger partial charge in [0.2, 0.25) is 0 Å². The minimum absolute atomic E-state index is 0.0717. The van der Waals surface area contributed by atoms with E-state index < -0.39 is 11.8 Å². The normalized spacial score (nSPS) is 11.4. The monoisotopic (exact) mass is 244 g/mol. The Morgan fingerprint density at radius 1 is 1.46 bits per heavy atom. The highest BCUT2D eigenvalue weighted by atomic mass is 79.9. The van der Waals surface area contributed by atoms with Gasteiger partial charge < -0.3 is 5.11 Å². The first-order chi connectivity index (χ1) is 6.11. The van der Waals surface area contributed by atoms with Gasteiger partial charge >= 0.3 is 5.97 Å². The van der Waals surface area contributed by atoms with E-state index in [1.54, 1.807) is 12.1 Å². The van der Waals surface area contributed by atoms with E-state index in [9.17, 15) is 9.18 Å². The highest BCUT2D eigenvalue weighted by molar-refractivity contribution is 9.12. The molecule has 0 amide bonds. The highest BCUT2D eigenvalue weighted by Gasteiger charge is 2.04. The quantitative estimate of drug-likeness (QED) is 0.813. The summed E-state index contributed by atoms with van der Waals surface area (Å²) in [6, 6.07) is 5.95. The Hall–Kier alpha value is -1.16. The van der Waals surface area contributed by atoms with Crippen LogP contribution in [0.2, 0.25) is 0 Å². The number of halogens is 2. The minimum atomic E-state index is -1.12. The summed E-state index contributed by atoms with van der Waals surface area (Å²) in [4.78, 5) is 10.4. The molecule has 0 fully saturated rings. The lowest BCUT2D eigenvalue weighted by Crippen LogP contribution is -1.93. The molecule has 68 valence electrons. The average Bonchev–Trinajstić information content (AvgIpc) is 2.08. The topological polar surface area (TPSA) is 37.3 Å². The Morgan fingerprint density at radius 3 is 2.62 bits per heavy atom. The Kier molecular flexibility index (Phi) is 3.19. The van der Waals surface area contributed by atoms with E-state index in [-0.39, 0.29) is 10.0 Å². The summed E-state index contributed by atoms with van der Waals surface area (Å²) in [5, 5.41) is 8.50. The first kappa shape index (κ1) is 9.92. The third kappa shape index (κ3) is 2.66. The molecule has 0 radical (unpaired) electrons. The molecule has 1 aromatic carbocycles. The zero-order chi connectivity index (χ0) is 9.84. The number of benzene rings is 1. The number of hydrogen-bond acceptors (Lipinski definition) is 1. The van der Waals surface area contributed by atoms with Crippen molar-refractivity contribution in [2.45, 2.75) is 0 Å². The fourth-order valence-electron chi connectivity index (χ4n) is 0.790. The average molecular weight is 245 g/mol. The molecular formula is C9H6BrFO2. The Morgan fingerprint density at radius 2 is 2.08 bits per heavy atom. The Labute approximate surface area is 82.8 Å². The van der Waals surface area contributed by atoms with E-state index in [4.69, 9.17) is 5.11 Å². The van der Waals surface area contributed by atoms with Crippen LogP contribution in [0.15, 0.2) is 28.7 Å². The lowest BCUT2D eigenvalue weighted by Gasteiger charge is -1.95. The van der Waals surface area contributed by atoms with E-state index in [1.165, 1.54) is 18.2 Å². The number of carbonyl (C=O) groups is 1. The van der Waals surface area contributed by atoms with Gasteiger partial charge in [-0.1, -0.05) is 18.2 Å². The van der Waals surface area contributed by atoms with Gasteiger partial charge in [-0.25, -0.2) is 9.18 Å². The maximum atomic E-state index is 13.0. The first-order valence-corrected chi connectivity index (χ1v) is 4.25. The van der Waals surface area contributed by atoms with Crippen molar-refractivity contribution in [1.29, 1.82) is 0 Å². The minimum Gasteiger partial charge on any atom is -0.477 e. The standard InChI is InChI=1S/C9H6BrFO2/c10-7(9(12)13)5-6-3-1-2-4-8(6)11/h1-5H,(H,12,13). The zero-order valence-electron chi connectivity index (χ0n) is 6.50. The van der Waals surface area contributed by atoms with Crippen molar-refractivity contribution in [2.75, 3.05) is 0 Å². The maximum absolute atomic E-state index is 13.0. The van der Waals surface area contributed by atoms with Gasteiger partial charge in [0.15, 0.2) is 0 Å². The Bertz CT molecular complexity index is 360. The van der Waals surface area contributed by atoms with Crippen LogP contribution < -0.4 is 0 Å². The largest absolute Gasteiger partial charge is 0.477 e. The lowest BCUT2D eigenvalue weighted by molar-refractivity contribution is -0.131. The second-order valence-corrected chi connectivity index (χ2v) is 3.17. The van der Waals surface area contributed by atoms with Gasteiger partial charge in [-0.05, 0) is 28.1 Å². The predicted molar refractivity (Wildman–Crippen MR) is 50.9 cm³/mol. The molecule has 2 nitrogen and oxygen atoms in total. The molecule has 0 saturated heterocycles. The van der Waals surface area contributed by atoms with Crippen molar-refractivity contribution < 1.29 is 14.3 Å². The number of hydrogen-bond donors (Lipinski definition) is 1. The van der Waals surface area contributed by atoms with Crippen LogP contribution in [-0.4, -0.2) is 11.1 Å². The summed E-state index contributed by atoms with van der Waals surface area (Å²) in [5.74, 6) is -1.57. The van der Waals surface area contributed by atoms with Crippen LogP contribution in [0.25, 0.3) is 6.08 Å². The van der Waals surface area contributed by atoms with Crippen LogP contribution in [0.1, 0.15) is 5.56 Å². The summed E-state index contributed by atoms with van der Waals surface area (Å²) in [5.41, 5.74) is 0.247. The summed E-state index contributed by atoms with van der Waals surface area (Å²) >= 11 is 2.81. The van der Waals surface area contributed by atoms with Crippen molar-refractivity contribution in [3.63, 3.8) is 0 Å². The van der Waals surface area contributed by atoms with Crippen molar-refractivity contribution in [2.24, 2.45) is 0 Å². The van der Waals surface area contributed by atoms with Crippen LogP contribution in [0, 0.1) is 5.82 Å². The second-order valence-electron chi connectivity index (χ2n) is 2.32. The molecule has 13 heavy (non-hydrogen) atoms. The van der Waals surface area contributed by atoms with E-state index in [1.807, 2.05) is 0 Å². The van der Waals surface area contributed by atoms with Gasteiger partial charge in [-0.2, -0.15) is 0 Å². The van der Waals surface area contributed by atoms with Crippen molar-refractivity contribution in [3.8, 4) is 0 Å². The molecule has 0 aliphatic heterocycles. The number of carboxylic acids is 1. The zero-order valence-corrected chi connectivity index (χ0v) is 8.08. The van der Waals surface area contributed by atoms with Gasteiger partial charge in [0.05, 0.1) is 0 Å². The molecule has 0 aromatic heterocycles. The highest BCUT2D eigenvalue weighted by Crippen LogP contribution is 2.14. The number of carboxylic acid groups (broad SMARTS) is 1.